The first-order valence-corrected chi connectivity index (χ1v) is 6.38. The molecule has 1 amide bonds. The number of aliphatic carboxylic acids is 1. The Kier molecular flexibility index (Phi) is 5.78. The third-order valence-electron chi connectivity index (χ3n) is 2.94. The van der Waals surface area contributed by atoms with Crippen LogP contribution < -0.4 is 4.74 Å². The number of amides is 1. The fraction of sp³-hybridized carbons (Fsp3) is 0.429. The molecule has 5 nitrogen and oxygen atoms in total. The molecule has 0 saturated heterocycles. The Morgan fingerprint density at radius 1 is 1.32 bits per heavy atom. The molecule has 1 N–H and O–H groups in total. The average molecular weight is 319 g/mol. The second kappa shape index (κ2) is 7.15. The van der Waals surface area contributed by atoms with Gasteiger partial charge in [0.25, 0.3) is 5.91 Å². The van der Waals surface area contributed by atoms with Crippen molar-refractivity contribution >= 4 is 11.9 Å². The third kappa shape index (κ3) is 4.94. The molecule has 1 unspecified atom stereocenters. The third-order valence-corrected chi connectivity index (χ3v) is 2.94. The molecule has 0 fully saturated rings. The molecular formula is C14H16F3NO4. The lowest BCUT2D eigenvalue weighted by molar-refractivity contribution is -0.144. The Hall–Kier alpha value is -2.25. The fourth-order valence-corrected chi connectivity index (χ4v) is 1.67. The van der Waals surface area contributed by atoms with E-state index >= 15 is 0 Å². The average Bonchev–Trinajstić information content (AvgIpc) is 2.43. The summed E-state index contributed by atoms with van der Waals surface area (Å²) in [4.78, 5) is 23.6. The van der Waals surface area contributed by atoms with Gasteiger partial charge < -0.3 is 14.7 Å². The number of carbonyl (C=O) groups is 2. The number of carboxylic acid groups (broad SMARTS) is 1. The van der Waals surface area contributed by atoms with Gasteiger partial charge in [0.1, 0.15) is 5.75 Å². The summed E-state index contributed by atoms with van der Waals surface area (Å²) in [7, 11) is 1.36. The summed E-state index contributed by atoms with van der Waals surface area (Å²) in [6.45, 7) is 0.764. The van der Waals surface area contributed by atoms with Crippen molar-refractivity contribution in [3.8, 4) is 5.75 Å². The second-order valence-electron chi connectivity index (χ2n) is 4.80. The minimum absolute atomic E-state index is 0.0571. The first-order chi connectivity index (χ1) is 10.1. The SMILES string of the molecule is CC(CN(C)C(=O)COc1ccccc1C(F)(F)F)C(=O)O. The number of carboxylic acids is 1. The maximum atomic E-state index is 12.8. The lowest BCUT2D eigenvalue weighted by atomic mass is 10.2. The van der Waals surface area contributed by atoms with Crippen molar-refractivity contribution in [2.24, 2.45) is 5.92 Å². The zero-order valence-corrected chi connectivity index (χ0v) is 12.1. The quantitative estimate of drug-likeness (QED) is 0.873. The summed E-state index contributed by atoms with van der Waals surface area (Å²) < 4.78 is 43.2. The summed E-state index contributed by atoms with van der Waals surface area (Å²) in [5, 5.41) is 8.75. The molecule has 0 saturated carbocycles. The van der Waals surface area contributed by atoms with Crippen LogP contribution in [0.4, 0.5) is 13.2 Å². The van der Waals surface area contributed by atoms with Gasteiger partial charge in [-0.3, -0.25) is 9.59 Å². The number of likely N-dealkylation sites (N-methyl/N-ethyl adjacent to an activating group) is 1. The van der Waals surface area contributed by atoms with Crippen LogP contribution in [0.2, 0.25) is 0 Å². The van der Waals surface area contributed by atoms with Crippen molar-refractivity contribution in [3.05, 3.63) is 29.8 Å². The molecule has 0 radical (unpaired) electrons. The molecule has 0 aromatic heterocycles. The lowest BCUT2D eigenvalue weighted by Gasteiger charge is -2.20. The number of para-hydroxylation sites is 1. The number of hydrogen-bond acceptors (Lipinski definition) is 3. The van der Waals surface area contributed by atoms with E-state index in [9.17, 15) is 22.8 Å². The Balaban J connectivity index is 2.67. The Morgan fingerprint density at radius 2 is 1.91 bits per heavy atom. The first kappa shape index (κ1) is 17.8. The van der Waals surface area contributed by atoms with Crippen molar-refractivity contribution < 1.29 is 32.6 Å². The van der Waals surface area contributed by atoms with E-state index < -0.39 is 41.9 Å². The zero-order chi connectivity index (χ0) is 16.9. The number of ether oxygens (including phenoxy) is 1. The van der Waals surface area contributed by atoms with Crippen LogP contribution in [-0.4, -0.2) is 42.1 Å². The highest BCUT2D eigenvalue weighted by atomic mass is 19.4. The Bertz CT molecular complexity index is 545. The van der Waals surface area contributed by atoms with Crippen LogP contribution in [0.25, 0.3) is 0 Å². The second-order valence-corrected chi connectivity index (χ2v) is 4.80. The summed E-state index contributed by atoms with van der Waals surface area (Å²) in [6.07, 6.45) is -4.58. The number of hydrogen-bond donors (Lipinski definition) is 1. The fourth-order valence-electron chi connectivity index (χ4n) is 1.67. The van der Waals surface area contributed by atoms with Gasteiger partial charge in [-0.15, -0.1) is 0 Å². The van der Waals surface area contributed by atoms with Gasteiger partial charge in [0, 0.05) is 13.6 Å². The van der Waals surface area contributed by atoms with Crippen molar-refractivity contribution in [1.29, 1.82) is 0 Å². The van der Waals surface area contributed by atoms with Gasteiger partial charge in [0.15, 0.2) is 6.61 Å². The van der Waals surface area contributed by atoms with Gasteiger partial charge in [0.05, 0.1) is 11.5 Å². The minimum Gasteiger partial charge on any atom is -0.483 e. The van der Waals surface area contributed by atoms with Crippen LogP contribution in [0.15, 0.2) is 24.3 Å². The summed E-state index contributed by atoms with van der Waals surface area (Å²) in [5.74, 6) is -2.90. The van der Waals surface area contributed by atoms with Crippen LogP contribution in [0.3, 0.4) is 0 Å². The topological polar surface area (TPSA) is 66.8 Å². The van der Waals surface area contributed by atoms with E-state index in [1.165, 1.54) is 26.1 Å². The molecule has 0 aliphatic carbocycles. The Morgan fingerprint density at radius 3 is 2.45 bits per heavy atom. The molecule has 0 aliphatic rings. The molecule has 122 valence electrons. The van der Waals surface area contributed by atoms with Crippen molar-refractivity contribution in [2.45, 2.75) is 13.1 Å². The minimum atomic E-state index is -4.58. The number of benzene rings is 1. The number of rotatable bonds is 6. The van der Waals surface area contributed by atoms with Gasteiger partial charge >= 0.3 is 12.1 Å². The molecule has 0 heterocycles. The van der Waals surface area contributed by atoms with Crippen LogP contribution >= 0.6 is 0 Å². The highest BCUT2D eigenvalue weighted by Crippen LogP contribution is 2.35. The normalized spacial score (nSPS) is 12.6. The van der Waals surface area contributed by atoms with Gasteiger partial charge in [-0.1, -0.05) is 19.1 Å². The monoisotopic (exact) mass is 319 g/mol. The van der Waals surface area contributed by atoms with E-state index in [1.807, 2.05) is 0 Å². The van der Waals surface area contributed by atoms with Crippen molar-refractivity contribution in [2.75, 3.05) is 20.2 Å². The maximum absolute atomic E-state index is 12.8. The largest absolute Gasteiger partial charge is 0.483 e. The highest BCUT2D eigenvalue weighted by molar-refractivity contribution is 5.78. The molecule has 0 aliphatic heterocycles. The van der Waals surface area contributed by atoms with E-state index in [1.54, 1.807) is 0 Å². The van der Waals surface area contributed by atoms with E-state index in [0.717, 1.165) is 17.0 Å². The lowest BCUT2D eigenvalue weighted by Crippen LogP contribution is -2.36. The van der Waals surface area contributed by atoms with E-state index in [0.29, 0.717) is 0 Å². The van der Waals surface area contributed by atoms with Gasteiger partial charge in [0.2, 0.25) is 0 Å². The molecule has 0 bridgehead atoms. The first-order valence-electron chi connectivity index (χ1n) is 6.38. The van der Waals surface area contributed by atoms with Crippen LogP contribution in [0.5, 0.6) is 5.75 Å². The number of alkyl halides is 3. The van der Waals surface area contributed by atoms with Crippen molar-refractivity contribution in [3.63, 3.8) is 0 Å². The Labute approximate surface area is 125 Å². The molecule has 0 spiro atoms. The number of halogens is 3. The zero-order valence-electron chi connectivity index (χ0n) is 12.1. The summed E-state index contributed by atoms with van der Waals surface area (Å²) >= 11 is 0. The summed E-state index contributed by atoms with van der Waals surface area (Å²) in [6, 6.07) is 4.56. The predicted molar refractivity (Wildman–Crippen MR) is 71.4 cm³/mol. The molecule has 22 heavy (non-hydrogen) atoms. The highest BCUT2D eigenvalue weighted by Gasteiger charge is 2.34. The summed E-state index contributed by atoms with van der Waals surface area (Å²) in [5.41, 5.74) is -0.968. The number of carbonyl (C=O) groups excluding carboxylic acids is 1. The molecule has 1 atom stereocenters. The molecule has 8 heteroatoms. The molecular weight excluding hydrogens is 303 g/mol. The predicted octanol–water partition coefficient (Wildman–Crippen LogP) is 2.26. The smallest absolute Gasteiger partial charge is 0.419 e. The van der Waals surface area contributed by atoms with Gasteiger partial charge in [-0.25, -0.2) is 0 Å². The van der Waals surface area contributed by atoms with Crippen molar-refractivity contribution in [1.82, 2.24) is 4.90 Å². The van der Waals surface area contributed by atoms with Crippen LogP contribution in [0, 0.1) is 5.92 Å². The standard InChI is InChI=1S/C14H16F3NO4/c1-9(13(20)21)7-18(2)12(19)8-22-11-6-4-3-5-10(11)14(15,16)17/h3-6,9H,7-8H2,1-2H3,(H,20,21). The van der Waals surface area contributed by atoms with E-state index in [2.05, 4.69) is 0 Å². The van der Waals surface area contributed by atoms with Crippen LogP contribution in [-0.2, 0) is 15.8 Å². The molecule has 1 aromatic rings. The maximum Gasteiger partial charge on any atom is 0.419 e. The van der Waals surface area contributed by atoms with Crippen LogP contribution in [0.1, 0.15) is 12.5 Å². The van der Waals surface area contributed by atoms with E-state index in [4.69, 9.17) is 9.84 Å². The molecule has 1 rings (SSSR count). The van der Waals surface area contributed by atoms with E-state index in [-0.39, 0.29) is 6.54 Å². The van der Waals surface area contributed by atoms with Gasteiger partial charge in [-0.05, 0) is 12.1 Å². The van der Waals surface area contributed by atoms with Gasteiger partial charge in [-0.2, -0.15) is 13.2 Å². The number of nitrogens with zero attached hydrogens (tertiary/aromatic N) is 1. The molecule has 1 aromatic carbocycles.